The fourth-order valence-electron chi connectivity index (χ4n) is 1.76. The highest BCUT2D eigenvalue weighted by Crippen LogP contribution is 2.19. The maximum absolute atomic E-state index is 12.9. The molecule has 3 rings (SSSR count). The predicted molar refractivity (Wildman–Crippen MR) is 75.6 cm³/mol. The van der Waals surface area contributed by atoms with Crippen molar-refractivity contribution in [2.24, 2.45) is 4.99 Å². The smallest absolute Gasteiger partial charge is 0.178 e. The molecule has 0 unspecified atom stereocenters. The van der Waals surface area contributed by atoms with Crippen LogP contribution in [0.5, 0.6) is 0 Å². The van der Waals surface area contributed by atoms with Crippen molar-refractivity contribution in [1.29, 1.82) is 0 Å². The number of aromatic nitrogens is 1. The normalized spacial score (nSPS) is 11.1. The molecule has 0 spiro atoms. The van der Waals surface area contributed by atoms with Crippen LogP contribution in [0.2, 0.25) is 0 Å². The molecular formula is C16H11FN2O. The van der Waals surface area contributed by atoms with E-state index >= 15 is 0 Å². The van der Waals surface area contributed by atoms with Crippen LogP contribution in [0, 0.1) is 5.82 Å². The van der Waals surface area contributed by atoms with Crippen molar-refractivity contribution in [1.82, 2.24) is 5.16 Å². The number of hydrogen-bond acceptors (Lipinski definition) is 3. The van der Waals surface area contributed by atoms with E-state index < -0.39 is 0 Å². The molecule has 0 aliphatic rings. The maximum Gasteiger partial charge on any atom is 0.178 e. The molecule has 3 aromatic rings. The molecule has 2 aromatic carbocycles. The van der Waals surface area contributed by atoms with E-state index in [0.717, 1.165) is 11.3 Å². The number of halogens is 1. The van der Waals surface area contributed by atoms with Gasteiger partial charge in [0, 0.05) is 11.6 Å². The Kier molecular flexibility index (Phi) is 3.37. The Morgan fingerprint density at radius 3 is 2.50 bits per heavy atom. The molecule has 0 aliphatic carbocycles. The SMILES string of the molecule is Fc1ccc(-c2cc(C=Nc3ccccc3)on2)cc1. The average molecular weight is 266 g/mol. The lowest BCUT2D eigenvalue weighted by Gasteiger charge is -1.93. The highest BCUT2D eigenvalue weighted by Gasteiger charge is 2.04. The van der Waals surface area contributed by atoms with Crippen LogP contribution in [0.4, 0.5) is 10.1 Å². The summed E-state index contributed by atoms with van der Waals surface area (Å²) in [5.41, 5.74) is 2.29. The summed E-state index contributed by atoms with van der Waals surface area (Å²) in [5.74, 6) is 0.274. The Balaban J connectivity index is 1.80. The Bertz CT molecular complexity index is 718. The van der Waals surface area contributed by atoms with Gasteiger partial charge < -0.3 is 4.52 Å². The zero-order valence-electron chi connectivity index (χ0n) is 10.5. The lowest BCUT2D eigenvalue weighted by atomic mass is 10.1. The van der Waals surface area contributed by atoms with Gasteiger partial charge in [0.2, 0.25) is 0 Å². The first-order valence-corrected chi connectivity index (χ1v) is 6.13. The highest BCUT2D eigenvalue weighted by atomic mass is 19.1. The summed E-state index contributed by atoms with van der Waals surface area (Å²) < 4.78 is 18.0. The Hall–Kier alpha value is -2.75. The van der Waals surface area contributed by atoms with Crippen LogP contribution >= 0.6 is 0 Å². The molecule has 0 fully saturated rings. The van der Waals surface area contributed by atoms with E-state index in [1.807, 2.05) is 30.3 Å². The van der Waals surface area contributed by atoms with Crippen LogP contribution in [0.1, 0.15) is 5.76 Å². The molecule has 98 valence electrons. The van der Waals surface area contributed by atoms with Gasteiger partial charge in [0.15, 0.2) is 5.76 Å². The molecule has 0 saturated heterocycles. The van der Waals surface area contributed by atoms with E-state index in [9.17, 15) is 4.39 Å². The van der Waals surface area contributed by atoms with Crippen molar-refractivity contribution in [2.75, 3.05) is 0 Å². The third-order valence-electron chi connectivity index (χ3n) is 2.77. The van der Waals surface area contributed by atoms with Crippen LogP contribution < -0.4 is 0 Å². The summed E-state index contributed by atoms with van der Waals surface area (Å²) in [6.07, 6.45) is 1.61. The van der Waals surface area contributed by atoms with E-state index in [-0.39, 0.29) is 5.82 Å². The minimum atomic E-state index is -0.275. The summed E-state index contributed by atoms with van der Waals surface area (Å²) in [6, 6.07) is 17.4. The van der Waals surface area contributed by atoms with Crippen LogP contribution in [0.15, 0.2) is 70.2 Å². The van der Waals surface area contributed by atoms with Crippen molar-refractivity contribution in [3.8, 4) is 11.3 Å². The molecule has 0 amide bonds. The van der Waals surface area contributed by atoms with E-state index in [4.69, 9.17) is 4.52 Å². The van der Waals surface area contributed by atoms with Crippen molar-refractivity contribution < 1.29 is 8.91 Å². The number of aliphatic imine (C=N–C) groups is 1. The molecule has 20 heavy (non-hydrogen) atoms. The van der Waals surface area contributed by atoms with Gasteiger partial charge in [0.1, 0.15) is 11.5 Å². The molecular weight excluding hydrogens is 255 g/mol. The van der Waals surface area contributed by atoms with Crippen LogP contribution in [-0.4, -0.2) is 11.4 Å². The number of benzene rings is 2. The van der Waals surface area contributed by atoms with Gasteiger partial charge >= 0.3 is 0 Å². The Labute approximate surface area is 115 Å². The van der Waals surface area contributed by atoms with Crippen LogP contribution in [0.3, 0.4) is 0 Å². The topological polar surface area (TPSA) is 38.4 Å². The number of hydrogen-bond donors (Lipinski definition) is 0. The average Bonchev–Trinajstić information content (AvgIpc) is 2.96. The summed E-state index contributed by atoms with van der Waals surface area (Å²) in [6.45, 7) is 0. The van der Waals surface area contributed by atoms with Crippen molar-refractivity contribution in [2.45, 2.75) is 0 Å². The Morgan fingerprint density at radius 1 is 1.00 bits per heavy atom. The van der Waals surface area contributed by atoms with E-state index in [2.05, 4.69) is 10.1 Å². The minimum Gasteiger partial charge on any atom is -0.355 e. The molecule has 0 N–H and O–H groups in total. The van der Waals surface area contributed by atoms with Gasteiger partial charge in [-0.15, -0.1) is 0 Å². The number of para-hydroxylation sites is 1. The minimum absolute atomic E-state index is 0.275. The third kappa shape index (κ3) is 2.80. The van der Waals surface area contributed by atoms with E-state index in [0.29, 0.717) is 11.5 Å². The van der Waals surface area contributed by atoms with Crippen molar-refractivity contribution >= 4 is 11.9 Å². The van der Waals surface area contributed by atoms with Crippen LogP contribution in [-0.2, 0) is 0 Å². The first-order chi connectivity index (χ1) is 9.81. The third-order valence-corrected chi connectivity index (χ3v) is 2.77. The number of nitrogens with zero attached hydrogens (tertiary/aromatic N) is 2. The van der Waals surface area contributed by atoms with Gasteiger partial charge in [0.25, 0.3) is 0 Å². The van der Waals surface area contributed by atoms with Gasteiger partial charge in [-0.3, -0.25) is 4.99 Å². The quantitative estimate of drug-likeness (QED) is 0.665. The van der Waals surface area contributed by atoms with Gasteiger partial charge in [-0.05, 0) is 36.4 Å². The summed E-state index contributed by atoms with van der Waals surface area (Å²) >= 11 is 0. The van der Waals surface area contributed by atoms with Gasteiger partial charge in [0.05, 0.1) is 11.9 Å². The number of rotatable bonds is 3. The molecule has 0 radical (unpaired) electrons. The lowest BCUT2D eigenvalue weighted by Crippen LogP contribution is -1.77. The van der Waals surface area contributed by atoms with Crippen molar-refractivity contribution in [3.05, 3.63) is 72.2 Å². The molecule has 1 aromatic heterocycles. The molecule has 0 bridgehead atoms. The second-order valence-corrected chi connectivity index (χ2v) is 4.22. The molecule has 3 nitrogen and oxygen atoms in total. The molecule has 1 heterocycles. The lowest BCUT2D eigenvalue weighted by molar-refractivity contribution is 0.417. The fraction of sp³-hybridized carbons (Fsp3) is 0. The monoisotopic (exact) mass is 266 g/mol. The highest BCUT2D eigenvalue weighted by molar-refractivity contribution is 5.80. The summed E-state index contributed by atoms with van der Waals surface area (Å²) in [5, 5.41) is 3.94. The largest absolute Gasteiger partial charge is 0.355 e. The first kappa shape index (κ1) is 12.3. The van der Waals surface area contributed by atoms with Crippen LogP contribution in [0.25, 0.3) is 11.3 Å². The molecule has 4 heteroatoms. The van der Waals surface area contributed by atoms with E-state index in [1.165, 1.54) is 12.1 Å². The summed E-state index contributed by atoms with van der Waals surface area (Å²) in [4.78, 5) is 4.28. The zero-order valence-corrected chi connectivity index (χ0v) is 10.5. The molecule has 0 aliphatic heterocycles. The fourth-order valence-corrected chi connectivity index (χ4v) is 1.76. The Morgan fingerprint density at radius 2 is 1.75 bits per heavy atom. The second-order valence-electron chi connectivity index (χ2n) is 4.22. The van der Waals surface area contributed by atoms with Gasteiger partial charge in [-0.1, -0.05) is 23.4 Å². The van der Waals surface area contributed by atoms with Gasteiger partial charge in [-0.2, -0.15) is 0 Å². The summed E-state index contributed by atoms with van der Waals surface area (Å²) in [7, 11) is 0. The predicted octanol–water partition coefficient (Wildman–Crippen LogP) is 4.23. The zero-order chi connectivity index (χ0) is 13.8. The van der Waals surface area contributed by atoms with Crippen molar-refractivity contribution in [3.63, 3.8) is 0 Å². The molecule has 0 saturated carbocycles. The maximum atomic E-state index is 12.9. The molecule has 0 atom stereocenters. The first-order valence-electron chi connectivity index (χ1n) is 6.13. The standard InChI is InChI=1S/C16H11FN2O/c17-13-8-6-12(7-9-13)16-10-15(20-19-16)11-18-14-4-2-1-3-5-14/h1-11H. The van der Waals surface area contributed by atoms with E-state index in [1.54, 1.807) is 24.4 Å². The van der Waals surface area contributed by atoms with Gasteiger partial charge in [-0.25, -0.2) is 4.39 Å². The second kappa shape index (κ2) is 5.48.